The molecule has 0 spiro atoms. The molecule has 2 aromatic rings. The van der Waals surface area contributed by atoms with Crippen molar-refractivity contribution in [3.05, 3.63) is 58.7 Å². The first-order valence-corrected chi connectivity index (χ1v) is 8.20. The van der Waals surface area contributed by atoms with Gasteiger partial charge in [0.1, 0.15) is 0 Å². The quantitative estimate of drug-likeness (QED) is 0.656. The lowest BCUT2D eigenvalue weighted by atomic mass is 10.2. The maximum absolute atomic E-state index is 2.24. The SMILES string of the molecule is Cc1ccc(SSc2ccc(C)cc2C)c(C)c1. The largest absolute Gasteiger partial charge is 0.0582 e. The van der Waals surface area contributed by atoms with Gasteiger partial charge in [-0.1, -0.05) is 57.0 Å². The minimum Gasteiger partial charge on any atom is -0.0582 e. The molecule has 0 aromatic heterocycles. The summed E-state index contributed by atoms with van der Waals surface area (Å²) < 4.78 is 0. The Balaban J connectivity index is 2.11. The molecule has 0 atom stereocenters. The van der Waals surface area contributed by atoms with Gasteiger partial charge in [0.05, 0.1) is 0 Å². The summed E-state index contributed by atoms with van der Waals surface area (Å²) in [4.78, 5) is 2.70. The molecule has 0 fully saturated rings. The Morgan fingerprint density at radius 2 is 1.00 bits per heavy atom. The maximum Gasteiger partial charge on any atom is 0.0215 e. The van der Waals surface area contributed by atoms with Crippen molar-refractivity contribution in [3.63, 3.8) is 0 Å². The van der Waals surface area contributed by atoms with Gasteiger partial charge in [-0.15, -0.1) is 0 Å². The lowest BCUT2D eigenvalue weighted by Gasteiger charge is -2.08. The number of hydrogen-bond acceptors (Lipinski definition) is 2. The minimum atomic E-state index is 1.33. The van der Waals surface area contributed by atoms with E-state index in [1.165, 1.54) is 32.0 Å². The van der Waals surface area contributed by atoms with Gasteiger partial charge in [-0.05, 0) is 51.0 Å². The van der Waals surface area contributed by atoms with Gasteiger partial charge < -0.3 is 0 Å². The van der Waals surface area contributed by atoms with Gasteiger partial charge in [-0.25, -0.2) is 0 Å². The van der Waals surface area contributed by atoms with E-state index >= 15 is 0 Å². The third kappa shape index (κ3) is 3.33. The first kappa shape index (κ1) is 13.6. The fraction of sp³-hybridized carbons (Fsp3) is 0.250. The molecule has 0 amide bonds. The van der Waals surface area contributed by atoms with E-state index in [4.69, 9.17) is 0 Å². The molecular weight excluding hydrogens is 256 g/mol. The highest BCUT2D eigenvalue weighted by Gasteiger charge is 2.03. The first-order chi connectivity index (χ1) is 8.56. The summed E-state index contributed by atoms with van der Waals surface area (Å²) in [5.41, 5.74) is 5.37. The molecule has 0 nitrogen and oxygen atoms in total. The van der Waals surface area contributed by atoms with Crippen LogP contribution < -0.4 is 0 Å². The maximum atomic E-state index is 2.24. The Kier molecular flexibility index (Phi) is 4.41. The van der Waals surface area contributed by atoms with Crippen LogP contribution in [0.15, 0.2) is 46.2 Å². The third-order valence-corrected chi connectivity index (χ3v) is 5.57. The van der Waals surface area contributed by atoms with E-state index in [0.29, 0.717) is 0 Å². The van der Waals surface area contributed by atoms with Gasteiger partial charge >= 0.3 is 0 Å². The van der Waals surface area contributed by atoms with Gasteiger partial charge in [-0.2, -0.15) is 0 Å². The second-order valence-corrected chi connectivity index (χ2v) is 6.92. The Morgan fingerprint density at radius 3 is 1.33 bits per heavy atom. The van der Waals surface area contributed by atoms with Crippen LogP contribution >= 0.6 is 21.6 Å². The molecule has 0 aliphatic carbocycles. The van der Waals surface area contributed by atoms with Crippen LogP contribution in [0.25, 0.3) is 0 Å². The Labute approximate surface area is 118 Å². The second kappa shape index (κ2) is 5.85. The summed E-state index contributed by atoms with van der Waals surface area (Å²) >= 11 is 0. The summed E-state index contributed by atoms with van der Waals surface area (Å²) in [5, 5.41) is 0. The van der Waals surface area contributed by atoms with Gasteiger partial charge in [0, 0.05) is 9.79 Å². The first-order valence-electron chi connectivity index (χ1n) is 6.05. The zero-order valence-electron chi connectivity index (χ0n) is 11.3. The lowest BCUT2D eigenvalue weighted by Crippen LogP contribution is -1.82. The molecule has 0 saturated carbocycles. The van der Waals surface area contributed by atoms with Crippen molar-refractivity contribution in [2.24, 2.45) is 0 Å². The van der Waals surface area contributed by atoms with Crippen molar-refractivity contribution in [3.8, 4) is 0 Å². The second-order valence-electron chi connectivity index (χ2n) is 4.70. The van der Waals surface area contributed by atoms with Gasteiger partial charge in [0.25, 0.3) is 0 Å². The van der Waals surface area contributed by atoms with E-state index < -0.39 is 0 Å². The van der Waals surface area contributed by atoms with Gasteiger partial charge in [-0.3, -0.25) is 0 Å². The Hall–Kier alpha value is -0.860. The van der Waals surface area contributed by atoms with Crippen LogP contribution in [-0.2, 0) is 0 Å². The average molecular weight is 274 g/mol. The molecule has 94 valence electrons. The molecule has 0 heterocycles. The summed E-state index contributed by atoms with van der Waals surface area (Å²) in [5.74, 6) is 0. The van der Waals surface area contributed by atoms with Crippen molar-refractivity contribution < 1.29 is 0 Å². The molecule has 0 bridgehead atoms. The smallest absolute Gasteiger partial charge is 0.0215 e. The standard InChI is InChI=1S/C16H18S2/c1-11-5-7-15(13(3)9-11)17-18-16-8-6-12(2)10-14(16)4/h5-10H,1-4H3. The molecule has 2 rings (SSSR count). The number of benzene rings is 2. The molecule has 2 heteroatoms. The number of aryl methyl sites for hydroxylation is 4. The van der Waals surface area contributed by atoms with E-state index in [0.717, 1.165) is 0 Å². The van der Waals surface area contributed by atoms with Crippen molar-refractivity contribution in [1.82, 2.24) is 0 Å². The highest BCUT2D eigenvalue weighted by Crippen LogP contribution is 2.40. The fourth-order valence-corrected chi connectivity index (χ4v) is 4.34. The Morgan fingerprint density at radius 1 is 0.611 bits per heavy atom. The molecule has 2 aromatic carbocycles. The monoisotopic (exact) mass is 274 g/mol. The van der Waals surface area contributed by atoms with E-state index in [1.807, 2.05) is 21.6 Å². The number of rotatable bonds is 3. The highest BCUT2D eigenvalue weighted by atomic mass is 33.1. The molecule has 0 N–H and O–H groups in total. The van der Waals surface area contributed by atoms with Crippen LogP contribution in [0.1, 0.15) is 22.3 Å². The van der Waals surface area contributed by atoms with Crippen LogP contribution in [0.2, 0.25) is 0 Å². The highest BCUT2D eigenvalue weighted by molar-refractivity contribution is 8.76. The molecule has 0 aliphatic heterocycles. The molecule has 0 unspecified atom stereocenters. The van der Waals surface area contributed by atoms with E-state index in [2.05, 4.69) is 64.1 Å². The summed E-state index contributed by atoms with van der Waals surface area (Å²) in [6.07, 6.45) is 0. The topological polar surface area (TPSA) is 0 Å². The number of hydrogen-bond donors (Lipinski definition) is 0. The van der Waals surface area contributed by atoms with Crippen molar-refractivity contribution in [1.29, 1.82) is 0 Å². The molecular formula is C16H18S2. The van der Waals surface area contributed by atoms with Crippen molar-refractivity contribution in [2.75, 3.05) is 0 Å². The predicted molar refractivity (Wildman–Crippen MR) is 83.5 cm³/mol. The minimum absolute atomic E-state index is 1.33. The normalized spacial score (nSPS) is 10.7. The van der Waals surface area contributed by atoms with Crippen LogP contribution in [0.5, 0.6) is 0 Å². The zero-order chi connectivity index (χ0) is 13.1. The molecule has 0 saturated heterocycles. The molecule has 18 heavy (non-hydrogen) atoms. The zero-order valence-corrected chi connectivity index (χ0v) is 12.9. The van der Waals surface area contributed by atoms with E-state index in [1.54, 1.807) is 0 Å². The predicted octanol–water partition coefficient (Wildman–Crippen LogP) is 5.72. The average Bonchev–Trinajstić information content (AvgIpc) is 2.30. The Bertz CT molecular complexity index is 508. The van der Waals surface area contributed by atoms with Crippen LogP contribution in [0.4, 0.5) is 0 Å². The van der Waals surface area contributed by atoms with Crippen molar-refractivity contribution >= 4 is 21.6 Å². The fourth-order valence-electron chi connectivity index (χ4n) is 1.88. The van der Waals surface area contributed by atoms with Crippen LogP contribution in [-0.4, -0.2) is 0 Å². The van der Waals surface area contributed by atoms with Crippen molar-refractivity contribution in [2.45, 2.75) is 37.5 Å². The lowest BCUT2D eigenvalue weighted by molar-refractivity contribution is 1.26. The molecule has 0 aliphatic rings. The summed E-state index contributed by atoms with van der Waals surface area (Å²) in [7, 11) is 3.69. The van der Waals surface area contributed by atoms with E-state index in [9.17, 15) is 0 Å². The van der Waals surface area contributed by atoms with Gasteiger partial charge in [0.2, 0.25) is 0 Å². The van der Waals surface area contributed by atoms with Crippen LogP contribution in [0, 0.1) is 27.7 Å². The molecule has 0 radical (unpaired) electrons. The third-order valence-electron chi connectivity index (χ3n) is 2.88. The van der Waals surface area contributed by atoms with E-state index in [-0.39, 0.29) is 0 Å². The summed E-state index contributed by atoms with van der Waals surface area (Å²) in [6.45, 7) is 8.63. The van der Waals surface area contributed by atoms with Gasteiger partial charge in [0.15, 0.2) is 0 Å². The summed E-state index contributed by atoms with van der Waals surface area (Å²) in [6, 6.07) is 13.3. The van der Waals surface area contributed by atoms with Crippen LogP contribution in [0.3, 0.4) is 0 Å².